The lowest BCUT2D eigenvalue weighted by Gasteiger charge is -2.12. The predicted octanol–water partition coefficient (Wildman–Crippen LogP) is 4.51. The summed E-state index contributed by atoms with van der Waals surface area (Å²) in [6.07, 6.45) is 0. The zero-order valence-electron chi connectivity index (χ0n) is 11.1. The van der Waals surface area contributed by atoms with Crippen LogP contribution in [0.3, 0.4) is 0 Å². The quantitative estimate of drug-likeness (QED) is 0.806. The van der Waals surface area contributed by atoms with E-state index in [9.17, 15) is 4.79 Å². The molecule has 2 rings (SSSR count). The Hall–Kier alpha value is -1.32. The van der Waals surface area contributed by atoms with Crippen LogP contribution in [-0.4, -0.2) is 12.5 Å². The van der Waals surface area contributed by atoms with E-state index in [2.05, 4.69) is 21.2 Å². The Morgan fingerprint density at radius 2 is 1.95 bits per heavy atom. The van der Waals surface area contributed by atoms with Crippen molar-refractivity contribution in [2.45, 2.75) is 11.8 Å². The molecule has 2 aromatic carbocycles. The van der Waals surface area contributed by atoms with E-state index in [-0.39, 0.29) is 10.7 Å². The first-order chi connectivity index (χ1) is 9.58. The number of carbonyl (C=O) groups excluding carboxylic acids is 1. The summed E-state index contributed by atoms with van der Waals surface area (Å²) in [7, 11) is 0. The number of carbonyl (C=O) groups is 1. The Balaban J connectivity index is 1.99. The molecule has 0 aliphatic heterocycles. The molecular weight excluding hydrogens is 338 g/mol. The fourth-order valence-electron chi connectivity index (χ4n) is 1.94. The molecule has 0 fully saturated rings. The summed E-state index contributed by atoms with van der Waals surface area (Å²) in [4.78, 5) is 12.2. The van der Waals surface area contributed by atoms with E-state index in [1.807, 2.05) is 37.3 Å². The molecule has 1 N–H and O–H groups in total. The summed E-state index contributed by atoms with van der Waals surface area (Å²) in [5.74, 6) is -0.0838. The van der Waals surface area contributed by atoms with Crippen LogP contribution in [0.1, 0.15) is 26.3 Å². The second kappa shape index (κ2) is 6.91. The first-order valence-electron chi connectivity index (χ1n) is 6.31. The van der Waals surface area contributed by atoms with Gasteiger partial charge in [0.1, 0.15) is 0 Å². The van der Waals surface area contributed by atoms with Gasteiger partial charge in [-0.15, -0.1) is 0 Å². The predicted molar refractivity (Wildman–Crippen MR) is 86.6 cm³/mol. The van der Waals surface area contributed by atoms with Crippen LogP contribution < -0.4 is 5.32 Å². The average Bonchev–Trinajstić information content (AvgIpc) is 2.45. The molecule has 1 unspecified atom stereocenters. The third-order valence-corrected chi connectivity index (χ3v) is 4.12. The van der Waals surface area contributed by atoms with Crippen molar-refractivity contribution in [1.82, 2.24) is 5.32 Å². The molecule has 104 valence electrons. The number of hydrogen-bond acceptors (Lipinski definition) is 1. The van der Waals surface area contributed by atoms with E-state index < -0.39 is 0 Å². The molecule has 0 radical (unpaired) electrons. The molecule has 4 heteroatoms. The number of hydrogen-bond donors (Lipinski definition) is 1. The van der Waals surface area contributed by atoms with Gasteiger partial charge in [-0.05, 0) is 36.2 Å². The van der Waals surface area contributed by atoms with Crippen molar-refractivity contribution in [1.29, 1.82) is 0 Å². The van der Waals surface area contributed by atoms with E-state index in [0.717, 1.165) is 11.1 Å². The monoisotopic (exact) mass is 351 g/mol. The summed E-state index contributed by atoms with van der Waals surface area (Å²) >= 11 is 9.47. The molecule has 2 aromatic rings. The van der Waals surface area contributed by atoms with Crippen molar-refractivity contribution in [3.63, 3.8) is 0 Å². The Kier molecular flexibility index (Phi) is 5.21. The number of benzene rings is 2. The normalized spacial score (nSPS) is 11.9. The van der Waals surface area contributed by atoms with Crippen molar-refractivity contribution < 1.29 is 4.79 Å². The van der Waals surface area contributed by atoms with Gasteiger partial charge in [0.25, 0.3) is 5.91 Å². The van der Waals surface area contributed by atoms with Crippen LogP contribution in [0.2, 0.25) is 5.02 Å². The van der Waals surface area contributed by atoms with Gasteiger partial charge in [-0.2, -0.15) is 0 Å². The van der Waals surface area contributed by atoms with Crippen LogP contribution in [0.4, 0.5) is 0 Å². The van der Waals surface area contributed by atoms with Crippen LogP contribution in [0.25, 0.3) is 0 Å². The molecule has 0 saturated heterocycles. The SMILES string of the molecule is Cc1cc(Cl)ccc1C(=O)NCC(Br)c1ccccc1. The van der Waals surface area contributed by atoms with Crippen molar-refractivity contribution in [2.75, 3.05) is 6.54 Å². The van der Waals surface area contributed by atoms with Gasteiger partial charge in [-0.3, -0.25) is 4.79 Å². The maximum Gasteiger partial charge on any atom is 0.251 e. The molecule has 20 heavy (non-hydrogen) atoms. The van der Waals surface area contributed by atoms with Crippen LogP contribution in [0, 0.1) is 6.92 Å². The Labute approximate surface area is 132 Å². The molecule has 0 heterocycles. The Morgan fingerprint density at radius 3 is 2.60 bits per heavy atom. The van der Waals surface area contributed by atoms with E-state index >= 15 is 0 Å². The smallest absolute Gasteiger partial charge is 0.251 e. The lowest BCUT2D eigenvalue weighted by atomic mass is 10.1. The van der Waals surface area contributed by atoms with E-state index in [1.54, 1.807) is 18.2 Å². The minimum absolute atomic E-state index is 0.0838. The minimum atomic E-state index is -0.0838. The maximum atomic E-state index is 12.1. The molecule has 1 atom stereocenters. The highest BCUT2D eigenvalue weighted by molar-refractivity contribution is 9.09. The van der Waals surface area contributed by atoms with Gasteiger partial charge in [0.05, 0.1) is 4.83 Å². The van der Waals surface area contributed by atoms with Gasteiger partial charge in [0.2, 0.25) is 0 Å². The van der Waals surface area contributed by atoms with E-state index in [0.29, 0.717) is 17.1 Å². The second-order valence-electron chi connectivity index (χ2n) is 4.55. The molecule has 0 aliphatic rings. The first-order valence-corrected chi connectivity index (χ1v) is 7.60. The lowest BCUT2D eigenvalue weighted by Crippen LogP contribution is -2.27. The summed E-state index contributed by atoms with van der Waals surface area (Å²) in [6, 6.07) is 15.3. The third kappa shape index (κ3) is 3.84. The zero-order valence-corrected chi connectivity index (χ0v) is 13.4. The number of aryl methyl sites for hydroxylation is 1. The number of alkyl halides is 1. The fourth-order valence-corrected chi connectivity index (χ4v) is 2.63. The average molecular weight is 353 g/mol. The standard InChI is InChI=1S/C16H15BrClNO/c1-11-9-13(18)7-8-14(11)16(20)19-10-15(17)12-5-3-2-4-6-12/h2-9,15H,10H2,1H3,(H,19,20). The Morgan fingerprint density at radius 1 is 1.25 bits per heavy atom. The lowest BCUT2D eigenvalue weighted by molar-refractivity contribution is 0.0953. The van der Waals surface area contributed by atoms with Crippen molar-refractivity contribution >= 4 is 33.4 Å². The van der Waals surface area contributed by atoms with Gasteiger partial charge >= 0.3 is 0 Å². The highest BCUT2D eigenvalue weighted by Gasteiger charge is 2.12. The third-order valence-electron chi connectivity index (χ3n) is 3.04. The maximum absolute atomic E-state index is 12.1. The van der Waals surface area contributed by atoms with Crippen LogP contribution >= 0.6 is 27.5 Å². The summed E-state index contributed by atoms with van der Waals surface area (Å²) < 4.78 is 0. The molecule has 0 saturated carbocycles. The zero-order chi connectivity index (χ0) is 14.5. The van der Waals surface area contributed by atoms with Crippen LogP contribution in [-0.2, 0) is 0 Å². The topological polar surface area (TPSA) is 29.1 Å². The summed E-state index contributed by atoms with van der Waals surface area (Å²) in [5, 5.41) is 3.57. The largest absolute Gasteiger partial charge is 0.351 e. The van der Waals surface area contributed by atoms with Crippen molar-refractivity contribution in [3.05, 3.63) is 70.2 Å². The van der Waals surface area contributed by atoms with Crippen LogP contribution in [0.15, 0.2) is 48.5 Å². The van der Waals surface area contributed by atoms with Gasteiger partial charge in [-0.1, -0.05) is 57.9 Å². The van der Waals surface area contributed by atoms with Crippen LogP contribution in [0.5, 0.6) is 0 Å². The molecule has 0 spiro atoms. The molecule has 0 aromatic heterocycles. The first kappa shape index (κ1) is 15.1. The molecule has 1 amide bonds. The molecule has 0 bridgehead atoms. The Bertz CT molecular complexity index is 601. The van der Waals surface area contributed by atoms with Gasteiger partial charge in [0.15, 0.2) is 0 Å². The highest BCUT2D eigenvalue weighted by atomic mass is 79.9. The number of rotatable bonds is 4. The van der Waals surface area contributed by atoms with Gasteiger partial charge in [-0.25, -0.2) is 0 Å². The minimum Gasteiger partial charge on any atom is -0.351 e. The van der Waals surface area contributed by atoms with E-state index in [1.165, 1.54) is 0 Å². The molecular formula is C16H15BrClNO. The number of nitrogens with one attached hydrogen (secondary N) is 1. The fraction of sp³-hybridized carbons (Fsp3) is 0.188. The van der Waals surface area contributed by atoms with Gasteiger partial charge < -0.3 is 5.32 Å². The van der Waals surface area contributed by atoms with Gasteiger partial charge in [0, 0.05) is 17.1 Å². The van der Waals surface area contributed by atoms with E-state index in [4.69, 9.17) is 11.6 Å². The number of halogens is 2. The second-order valence-corrected chi connectivity index (χ2v) is 6.09. The number of amides is 1. The summed E-state index contributed by atoms with van der Waals surface area (Å²) in [6.45, 7) is 2.41. The highest BCUT2D eigenvalue weighted by Crippen LogP contribution is 2.21. The summed E-state index contributed by atoms with van der Waals surface area (Å²) in [5.41, 5.74) is 2.67. The van der Waals surface area contributed by atoms with Crippen molar-refractivity contribution in [2.24, 2.45) is 0 Å². The molecule has 2 nitrogen and oxygen atoms in total. The molecule has 0 aliphatic carbocycles. The van der Waals surface area contributed by atoms with Crippen molar-refractivity contribution in [3.8, 4) is 0 Å².